The summed E-state index contributed by atoms with van der Waals surface area (Å²) in [5.41, 5.74) is 7.92. The van der Waals surface area contributed by atoms with E-state index in [1.165, 1.54) is 51.4 Å². The van der Waals surface area contributed by atoms with Gasteiger partial charge in [-0.25, -0.2) is 0 Å². The summed E-state index contributed by atoms with van der Waals surface area (Å²) in [7, 11) is 0. The van der Waals surface area contributed by atoms with Crippen molar-refractivity contribution in [2.24, 2.45) is 11.1 Å². The average Bonchev–Trinajstić information content (AvgIpc) is 2.59. The van der Waals surface area contributed by atoms with Crippen molar-refractivity contribution in [2.45, 2.75) is 51.4 Å². The summed E-state index contributed by atoms with van der Waals surface area (Å²) >= 11 is 0. The van der Waals surface area contributed by atoms with Gasteiger partial charge in [-0.3, -0.25) is 0 Å². The number of rotatable bonds is 1. The van der Waals surface area contributed by atoms with Crippen LogP contribution in [0.3, 0.4) is 0 Å². The Kier molecular flexibility index (Phi) is 2.73. The third kappa shape index (κ3) is 1.96. The Bertz CT molecular complexity index is 187. The molecule has 74 valence electrons. The van der Waals surface area contributed by atoms with Crippen LogP contribution in [-0.4, -0.2) is 6.54 Å². The second kappa shape index (κ2) is 3.83. The second-order valence-electron chi connectivity index (χ2n) is 4.81. The molecule has 0 aromatic carbocycles. The van der Waals surface area contributed by atoms with Crippen LogP contribution in [0.1, 0.15) is 51.4 Å². The zero-order chi connectivity index (χ0) is 9.15. The van der Waals surface area contributed by atoms with E-state index in [-0.39, 0.29) is 0 Å². The molecule has 0 unspecified atom stereocenters. The van der Waals surface area contributed by atoms with Crippen LogP contribution in [0.5, 0.6) is 0 Å². The monoisotopic (exact) mass is 179 g/mol. The average molecular weight is 179 g/mol. The third-order valence-corrected chi connectivity index (χ3v) is 4.02. The molecule has 0 radical (unpaired) electrons. The van der Waals surface area contributed by atoms with E-state index < -0.39 is 0 Å². The van der Waals surface area contributed by atoms with Crippen LogP contribution in [-0.2, 0) is 0 Å². The molecule has 0 atom stereocenters. The standard InChI is InChI=1S/C12H21N/c13-10-5-11-3-8-12(9-4-11)6-1-2-7-12/h5H,1-4,6-10,13H2. The molecule has 0 aliphatic heterocycles. The molecule has 2 saturated carbocycles. The molecule has 2 N–H and O–H groups in total. The van der Waals surface area contributed by atoms with E-state index in [1.54, 1.807) is 5.57 Å². The van der Waals surface area contributed by atoms with Gasteiger partial charge in [0.05, 0.1) is 0 Å². The molecule has 0 aromatic rings. The van der Waals surface area contributed by atoms with E-state index >= 15 is 0 Å². The van der Waals surface area contributed by atoms with Gasteiger partial charge in [0, 0.05) is 6.54 Å². The van der Waals surface area contributed by atoms with Crippen LogP contribution in [0.15, 0.2) is 11.6 Å². The zero-order valence-corrected chi connectivity index (χ0v) is 8.52. The Balaban J connectivity index is 1.91. The minimum Gasteiger partial charge on any atom is -0.327 e. The van der Waals surface area contributed by atoms with Crippen molar-refractivity contribution < 1.29 is 0 Å². The normalized spacial score (nSPS) is 26.7. The maximum absolute atomic E-state index is 5.53. The Hall–Kier alpha value is -0.300. The quantitative estimate of drug-likeness (QED) is 0.615. The lowest BCUT2D eigenvalue weighted by Crippen LogP contribution is -2.21. The predicted molar refractivity (Wildman–Crippen MR) is 56.5 cm³/mol. The van der Waals surface area contributed by atoms with Gasteiger partial charge in [-0.05, 0) is 43.9 Å². The highest BCUT2D eigenvalue weighted by molar-refractivity contribution is 5.09. The summed E-state index contributed by atoms with van der Waals surface area (Å²) in [4.78, 5) is 0. The molecule has 1 spiro atoms. The molecule has 2 aliphatic rings. The molecule has 1 nitrogen and oxygen atoms in total. The summed E-state index contributed by atoms with van der Waals surface area (Å²) in [6.45, 7) is 0.738. The molecule has 2 rings (SSSR count). The van der Waals surface area contributed by atoms with Gasteiger partial charge in [0.1, 0.15) is 0 Å². The fourth-order valence-electron chi connectivity index (χ4n) is 3.10. The van der Waals surface area contributed by atoms with Crippen LogP contribution in [0.25, 0.3) is 0 Å². The van der Waals surface area contributed by atoms with Gasteiger partial charge >= 0.3 is 0 Å². The Morgan fingerprint density at radius 3 is 2.23 bits per heavy atom. The number of hydrogen-bond acceptors (Lipinski definition) is 1. The van der Waals surface area contributed by atoms with Gasteiger partial charge < -0.3 is 5.73 Å². The number of hydrogen-bond donors (Lipinski definition) is 1. The van der Waals surface area contributed by atoms with Crippen LogP contribution >= 0.6 is 0 Å². The lowest BCUT2D eigenvalue weighted by atomic mass is 9.71. The lowest BCUT2D eigenvalue weighted by molar-refractivity contribution is 0.224. The maximum Gasteiger partial charge on any atom is 0.0109 e. The SMILES string of the molecule is NCC=C1CCC2(CCCC2)CC1. The topological polar surface area (TPSA) is 26.0 Å². The van der Waals surface area contributed by atoms with Crippen molar-refractivity contribution in [3.8, 4) is 0 Å². The predicted octanol–water partition coefficient (Wildman–Crippen LogP) is 3.01. The highest BCUT2D eigenvalue weighted by Gasteiger charge is 2.35. The van der Waals surface area contributed by atoms with E-state index in [4.69, 9.17) is 5.73 Å². The van der Waals surface area contributed by atoms with Gasteiger partial charge in [0.15, 0.2) is 0 Å². The fourth-order valence-corrected chi connectivity index (χ4v) is 3.10. The summed E-state index contributed by atoms with van der Waals surface area (Å²) < 4.78 is 0. The van der Waals surface area contributed by atoms with E-state index in [0.29, 0.717) is 0 Å². The van der Waals surface area contributed by atoms with Crippen molar-refractivity contribution in [1.82, 2.24) is 0 Å². The second-order valence-corrected chi connectivity index (χ2v) is 4.81. The smallest absolute Gasteiger partial charge is 0.0109 e. The van der Waals surface area contributed by atoms with Crippen LogP contribution < -0.4 is 5.73 Å². The van der Waals surface area contributed by atoms with E-state index in [2.05, 4.69) is 6.08 Å². The summed E-state index contributed by atoms with van der Waals surface area (Å²) in [6, 6.07) is 0. The van der Waals surface area contributed by atoms with Crippen molar-refractivity contribution >= 4 is 0 Å². The number of nitrogens with two attached hydrogens (primary N) is 1. The molecule has 2 fully saturated rings. The molecule has 2 aliphatic carbocycles. The van der Waals surface area contributed by atoms with E-state index in [1.807, 2.05) is 0 Å². The molecule has 0 heterocycles. The van der Waals surface area contributed by atoms with E-state index in [9.17, 15) is 0 Å². The first-order chi connectivity index (χ1) is 6.35. The summed E-state index contributed by atoms with van der Waals surface area (Å²) in [5.74, 6) is 0. The maximum atomic E-state index is 5.53. The van der Waals surface area contributed by atoms with E-state index in [0.717, 1.165) is 12.0 Å². The molecule has 13 heavy (non-hydrogen) atoms. The van der Waals surface area contributed by atoms with Crippen molar-refractivity contribution in [1.29, 1.82) is 0 Å². The van der Waals surface area contributed by atoms with Gasteiger partial charge in [-0.2, -0.15) is 0 Å². The lowest BCUT2D eigenvalue weighted by Gasteiger charge is -2.34. The van der Waals surface area contributed by atoms with Crippen molar-refractivity contribution in [3.63, 3.8) is 0 Å². The first-order valence-corrected chi connectivity index (χ1v) is 5.73. The van der Waals surface area contributed by atoms with Crippen LogP contribution in [0, 0.1) is 5.41 Å². The third-order valence-electron chi connectivity index (χ3n) is 4.02. The first-order valence-electron chi connectivity index (χ1n) is 5.73. The number of allylic oxidation sites excluding steroid dienone is 1. The van der Waals surface area contributed by atoms with Crippen LogP contribution in [0.2, 0.25) is 0 Å². The minimum absolute atomic E-state index is 0.738. The molecular formula is C12H21N. The first kappa shape index (κ1) is 9.26. The molecular weight excluding hydrogens is 158 g/mol. The van der Waals surface area contributed by atoms with Crippen molar-refractivity contribution in [2.75, 3.05) is 6.54 Å². The summed E-state index contributed by atoms with van der Waals surface area (Å²) in [5, 5.41) is 0. The van der Waals surface area contributed by atoms with Gasteiger partial charge in [0.25, 0.3) is 0 Å². The van der Waals surface area contributed by atoms with Gasteiger partial charge in [-0.1, -0.05) is 24.5 Å². The zero-order valence-electron chi connectivity index (χ0n) is 8.52. The Labute approximate surface area is 81.4 Å². The molecule has 1 heteroatoms. The van der Waals surface area contributed by atoms with Crippen LogP contribution in [0.4, 0.5) is 0 Å². The highest BCUT2D eigenvalue weighted by atomic mass is 14.5. The van der Waals surface area contributed by atoms with Gasteiger partial charge in [0.2, 0.25) is 0 Å². The molecule has 0 saturated heterocycles. The summed E-state index contributed by atoms with van der Waals surface area (Å²) in [6.07, 6.45) is 13.8. The highest BCUT2D eigenvalue weighted by Crippen LogP contribution is 2.49. The molecule has 0 aromatic heterocycles. The Morgan fingerprint density at radius 2 is 1.69 bits per heavy atom. The largest absolute Gasteiger partial charge is 0.327 e. The Morgan fingerprint density at radius 1 is 1.08 bits per heavy atom. The van der Waals surface area contributed by atoms with Crippen molar-refractivity contribution in [3.05, 3.63) is 11.6 Å². The molecule has 0 amide bonds. The molecule has 0 bridgehead atoms. The fraction of sp³-hybridized carbons (Fsp3) is 0.833. The minimum atomic E-state index is 0.738. The van der Waals surface area contributed by atoms with Gasteiger partial charge in [-0.15, -0.1) is 0 Å².